The molecule has 0 radical (unpaired) electrons. The predicted octanol–water partition coefficient (Wildman–Crippen LogP) is 8.82. The molecule has 1 saturated heterocycles. The summed E-state index contributed by atoms with van der Waals surface area (Å²) in [5, 5.41) is 0.657. The number of pyridine rings is 1. The second-order valence-corrected chi connectivity index (χ2v) is 12.8. The van der Waals surface area contributed by atoms with Crippen LogP contribution in [0.1, 0.15) is 27.8 Å². The van der Waals surface area contributed by atoms with Crippen LogP contribution in [-0.2, 0) is 24.4 Å². The normalized spacial score (nSPS) is 13.0. The Balaban J connectivity index is 0.00000523. The summed E-state index contributed by atoms with van der Waals surface area (Å²) in [5.74, 6) is 2.94. The molecule has 52 heavy (non-hydrogen) atoms. The first-order valence-corrected chi connectivity index (χ1v) is 17.4. The summed E-state index contributed by atoms with van der Waals surface area (Å²) in [4.78, 5) is 21.7. The lowest BCUT2D eigenvalue weighted by atomic mass is 10.1. The summed E-state index contributed by atoms with van der Waals surface area (Å²) >= 11 is 6.22. The summed E-state index contributed by atoms with van der Waals surface area (Å²) in [6.07, 6.45) is 5.89. The van der Waals surface area contributed by atoms with Gasteiger partial charge in [0.1, 0.15) is 18.1 Å². The summed E-state index contributed by atoms with van der Waals surface area (Å²) in [7, 11) is 1.58. The van der Waals surface area contributed by atoms with Crippen molar-refractivity contribution in [1.82, 2.24) is 14.8 Å². The van der Waals surface area contributed by atoms with E-state index >= 15 is 0 Å². The van der Waals surface area contributed by atoms with Crippen molar-refractivity contribution >= 4 is 36.0 Å². The van der Waals surface area contributed by atoms with Crippen LogP contribution in [0, 0.1) is 6.92 Å². The topological polar surface area (TPSA) is 73.4 Å². The van der Waals surface area contributed by atoms with Crippen LogP contribution in [0.4, 0.5) is 0 Å². The van der Waals surface area contributed by atoms with Crippen LogP contribution in [0.2, 0.25) is 5.02 Å². The Hall–Kier alpha value is -5.02. The summed E-state index contributed by atoms with van der Waals surface area (Å²) in [6.45, 7) is 6.95. The molecule has 0 bridgehead atoms. The average molecular weight is 741 g/mol. The second kappa shape index (κ2) is 19.0. The van der Waals surface area contributed by atoms with Gasteiger partial charge in [0.05, 0.1) is 19.9 Å². The molecule has 270 valence electrons. The van der Waals surface area contributed by atoms with Crippen LogP contribution < -0.4 is 18.9 Å². The first kappa shape index (κ1) is 38.2. The molecule has 1 fully saturated rings. The van der Waals surface area contributed by atoms with E-state index in [0.29, 0.717) is 54.5 Å². The van der Waals surface area contributed by atoms with Gasteiger partial charge in [-0.2, -0.15) is 0 Å². The minimum Gasteiger partial charge on any atom is -0.493 e. The Morgan fingerprint density at radius 3 is 2.35 bits per heavy atom. The molecule has 4 aromatic carbocycles. The zero-order valence-corrected chi connectivity index (χ0v) is 30.9. The van der Waals surface area contributed by atoms with Gasteiger partial charge >= 0.3 is 0 Å². The van der Waals surface area contributed by atoms with Gasteiger partial charge in [-0.05, 0) is 71.7 Å². The van der Waals surface area contributed by atoms with Gasteiger partial charge in [0.15, 0.2) is 11.5 Å². The summed E-state index contributed by atoms with van der Waals surface area (Å²) in [5.41, 5.74) is 5.45. The van der Waals surface area contributed by atoms with Crippen molar-refractivity contribution in [2.75, 3.05) is 39.9 Å². The van der Waals surface area contributed by atoms with Gasteiger partial charge in [0.2, 0.25) is 11.8 Å². The molecular formula is C42H43Cl2N3O5. The maximum atomic E-state index is 13.0. The lowest BCUT2D eigenvalue weighted by Gasteiger charge is -2.34. The minimum absolute atomic E-state index is 0. The Morgan fingerprint density at radius 2 is 1.62 bits per heavy atom. The molecule has 2 heterocycles. The molecular weight excluding hydrogens is 697 g/mol. The van der Waals surface area contributed by atoms with Crippen LogP contribution in [0.5, 0.6) is 28.9 Å². The number of aromatic nitrogens is 1. The molecule has 1 aliphatic rings. The van der Waals surface area contributed by atoms with Crippen molar-refractivity contribution in [2.45, 2.75) is 26.5 Å². The molecule has 0 N–H and O–H groups in total. The van der Waals surface area contributed by atoms with E-state index in [4.69, 9.17) is 30.5 Å². The third kappa shape index (κ3) is 11.0. The zero-order chi connectivity index (χ0) is 35.4. The fourth-order valence-electron chi connectivity index (χ4n) is 5.73. The van der Waals surface area contributed by atoms with Crippen LogP contribution >= 0.6 is 24.0 Å². The van der Waals surface area contributed by atoms with Crippen molar-refractivity contribution < 1.29 is 23.7 Å². The molecule has 1 aromatic heterocycles. The van der Waals surface area contributed by atoms with Gasteiger partial charge in [-0.1, -0.05) is 72.3 Å². The van der Waals surface area contributed by atoms with Crippen LogP contribution in [0.15, 0.2) is 115 Å². The van der Waals surface area contributed by atoms with Crippen molar-refractivity contribution in [3.8, 4) is 28.9 Å². The number of hydrogen-bond donors (Lipinski definition) is 0. The van der Waals surface area contributed by atoms with Crippen molar-refractivity contribution in [2.24, 2.45) is 0 Å². The molecule has 0 unspecified atom stereocenters. The fourth-order valence-corrected chi connectivity index (χ4v) is 5.92. The van der Waals surface area contributed by atoms with Gasteiger partial charge in [-0.25, -0.2) is 4.98 Å². The maximum absolute atomic E-state index is 13.0. The van der Waals surface area contributed by atoms with E-state index in [1.165, 1.54) is 16.7 Å². The molecule has 6 rings (SSSR count). The molecule has 0 spiro atoms. The molecule has 1 amide bonds. The average Bonchev–Trinajstić information content (AvgIpc) is 3.15. The SMILES string of the molecule is COc1cc(/C=C/C(=O)N2CCN(Cc3ccc(CCOc4cccc(C)c4)cc3)CC2)ccc1Oc1ccc(OCc2ccccc2Cl)cn1.Cl. The van der Waals surface area contributed by atoms with Gasteiger partial charge in [-0.15, -0.1) is 12.4 Å². The highest BCUT2D eigenvalue weighted by Crippen LogP contribution is 2.32. The standard InChI is InChI=1S/C42H42ClN3O5.ClH/c1-31-6-5-8-36(26-31)49-25-20-32-10-12-34(13-11-32)29-45-21-23-46(24-22-45)42(47)19-15-33-14-17-39(40(27-33)48-2)51-41-18-16-37(28-44-41)50-30-35-7-3-4-9-38(35)43;/h3-19,26-28H,20-25,29-30H2,1-2H3;1H/b19-15+;. The molecule has 0 aliphatic carbocycles. The number of amides is 1. The van der Waals surface area contributed by atoms with Crippen molar-refractivity contribution in [3.63, 3.8) is 0 Å². The number of aryl methyl sites for hydroxylation is 1. The van der Waals surface area contributed by atoms with Gasteiger partial charge in [0.25, 0.3) is 0 Å². The van der Waals surface area contributed by atoms with E-state index < -0.39 is 0 Å². The zero-order valence-electron chi connectivity index (χ0n) is 29.4. The number of benzene rings is 4. The number of carbonyl (C=O) groups excluding carboxylic acids is 1. The van der Waals surface area contributed by atoms with E-state index in [-0.39, 0.29) is 18.3 Å². The lowest BCUT2D eigenvalue weighted by molar-refractivity contribution is -0.127. The van der Waals surface area contributed by atoms with E-state index in [1.807, 2.05) is 53.4 Å². The molecule has 5 aromatic rings. The lowest BCUT2D eigenvalue weighted by Crippen LogP contribution is -2.47. The van der Waals surface area contributed by atoms with Gasteiger partial charge in [-0.3, -0.25) is 9.69 Å². The first-order chi connectivity index (χ1) is 24.9. The third-order valence-corrected chi connectivity index (χ3v) is 9.01. The number of nitrogens with zero attached hydrogens (tertiary/aromatic N) is 3. The number of methoxy groups -OCH3 is 1. The number of ether oxygens (including phenoxy) is 4. The highest BCUT2D eigenvalue weighted by atomic mass is 35.5. The Kier molecular flexibility index (Phi) is 14.0. The Bertz CT molecular complexity index is 1930. The van der Waals surface area contributed by atoms with Crippen LogP contribution in [0.3, 0.4) is 0 Å². The smallest absolute Gasteiger partial charge is 0.246 e. The minimum atomic E-state index is -0.00720. The maximum Gasteiger partial charge on any atom is 0.246 e. The van der Waals surface area contributed by atoms with E-state index in [2.05, 4.69) is 53.2 Å². The second-order valence-electron chi connectivity index (χ2n) is 12.4. The largest absolute Gasteiger partial charge is 0.493 e. The molecule has 10 heteroatoms. The number of rotatable bonds is 14. The fraction of sp³-hybridized carbons (Fsp3) is 0.238. The van der Waals surface area contributed by atoms with Crippen LogP contribution in [-0.4, -0.2) is 60.6 Å². The number of piperazine rings is 1. The molecule has 8 nitrogen and oxygen atoms in total. The van der Waals surface area contributed by atoms with Gasteiger partial charge < -0.3 is 23.8 Å². The van der Waals surface area contributed by atoms with E-state index in [1.54, 1.807) is 43.7 Å². The number of carbonyl (C=O) groups is 1. The number of hydrogen-bond acceptors (Lipinski definition) is 7. The summed E-state index contributed by atoms with van der Waals surface area (Å²) in [6, 6.07) is 33.5. The molecule has 0 saturated carbocycles. The quantitative estimate of drug-likeness (QED) is 0.105. The Morgan fingerprint density at radius 1 is 0.827 bits per heavy atom. The van der Waals surface area contributed by atoms with Crippen molar-refractivity contribution in [1.29, 1.82) is 0 Å². The van der Waals surface area contributed by atoms with Gasteiger partial charge in [0, 0.05) is 61.9 Å². The third-order valence-electron chi connectivity index (χ3n) is 8.64. The predicted molar refractivity (Wildman–Crippen MR) is 208 cm³/mol. The molecule has 0 atom stereocenters. The summed E-state index contributed by atoms with van der Waals surface area (Å²) < 4.78 is 23.3. The molecule has 1 aliphatic heterocycles. The monoisotopic (exact) mass is 739 g/mol. The Labute approximate surface area is 317 Å². The number of halogens is 2. The van der Waals surface area contributed by atoms with Crippen LogP contribution in [0.25, 0.3) is 6.08 Å². The van der Waals surface area contributed by atoms with E-state index in [9.17, 15) is 4.79 Å². The first-order valence-electron chi connectivity index (χ1n) is 17.1. The highest BCUT2D eigenvalue weighted by Gasteiger charge is 2.20. The highest BCUT2D eigenvalue weighted by molar-refractivity contribution is 6.31. The van der Waals surface area contributed by atoms with Crippen molar-refractivity contribution in [3.05, 3.63) is 148 Å². The van der Waals surface area contributed by atoms with E-state index in [0.717, 1.165) is 42.9 Å².